The molecule has 0 saturated heterocycles. The molecule has 2 bridgehead atoms. The number of aliphatic carboxylic acids is 1. The first-order chi connectivity index (χ1) is 11.2. The average Bonchev–Trinajstić information content (AvgIpc) is 2.82. The normalized spacial score (nSPS) is 36.3. The maximum atomic E-state index is 11.1. The highest BCUT2D eigenvalue weighted by atomic mass is 16.4. The standard InChI is InChI=1S/C20H27NO2/c22-20(23)13-7-9-18(10-8-13)21-19-16-5-6-17(19)12-15-4-2-1-3-14(15)11-16/h1-4,13,16-19,21H,5-12H2,(H,22,23). The minimum atomic E-state index is -0.603. The number of rotatable bonds is 3. The molecule has 2 atom stereocenters. The molecule has 2 N–H and O–H groups in total. The third-order valence-corrected chi connectivity index (χ3v) is 6.51. The SMILES string of the molecule is O=C(O)C1CCC(NC2C3CCC2Cc2ccccc2C3)CC1. The smallest absolute Gasteiger partial charge is 0.306 e. The molecule has 0 aromatic heterocycles. The molecule has 2 saturated carbocycles. The van der Waals surface area contributed by atoms with Crippen molar-refractivity contribution in [2.24, 2.45) is 17.8 Å². The topological polar surface area (TPSA) is 49.3 Å². The first-order valence-corrected chi connectivity index (χ1v) is 9.26. The number of carbonyl (C=O) groups is 1. The molecule has 1 aromatic carbocycles. The Morgan fingerprint density at radius 2 is 1.48 bits per heavy atom. The quantitative estimate of drug-likeness (QED) is 0.899. The van der Waals surface area contributed by atoms with Crippen molar-refractivity contribution in [3.8, 4) is 0 Å². The Balaban J connectivity index is 1.42. The summed E-state index contributed by atoms with van der Waals surface area (Å²) in [6.45, 7) is 0. The summed E-state index contributed by atoms with van der Waals surface area (Å²) < 4.78 is 0. The highest BCUT2D eigenvalue weighted by Crippen LogP contribution is 2.41. The van der Waals surface area contributed by atoms with Gasteiger partial charge in [0, 0.05) is 12.1 Å². The van der Waals surface area contributed by atoms with Gasteiger partial charge in [-0.2, -0.15) is 0 Å². The Bertz CT molecular complexity index is 544. The van der Waals surface area contributed by atoms with E-state index in [1.54, 1.807) is 11.1 Å². The van der Waals surface area contributed by atoms with Crippen LogP contribution in [-0.2, 0) is 17.6 Å². The third-order valence-electron chi connectivity index (χ3n) is 6.51. The fourth-order valence-corrected chi connectivity index (χ4v) is 5.20. The molecule has 3 aliphatic carbocycles. The summed E-state index contributed by atoms with van der Waals surface area (Å²) in [5, 5.41) is 13.1. The Hall–Kier alpha value is -1.35. The lowest BCUT2D eigenvalue weighted by molar-refractivity contribution is -0.142. The van der Waals surface area contributed by atoms with Gasteiger partial charge in [-0.3, -0.25) is 4.79 Å². The minimum Gasteiger partial charge on any atom is -0.481 e. The fourth-order valence-electron chi connectivity index (χ4n) is 5.20. The van der Waals surface area contributed by atoms with Crippen LogP contribution < -0.4 is 5.32 Å². The molecule has 23 heavy (non-hydrogen) atoms. The van der Waals surface area contributed by atoms with E-state index in [0.717, 1.165) is 37.5 Å². The summed E-state index contributed by atoms with van der Waals surface area (Å²) in [5.74, 6) is 0.818. The van der Waals surface area contributed by atoms with E-state index >= 15 is 0 Å². The summed E-state index contributed by atoms with van der Waals surface area (Å²) in [6, 6.07) is 10.1. The zero-order valence-electron chi connectivity index (χ0n) is 13.7. The zero-order valence-corrected chi connectivity index (χ0v) is 13.7. The van der Waals surface area contributed by atoms with E-state index in [9.17, 15) is 4.79 Å². The summed E-state index contributed by atoms with van der Waals surface area (Å²) in [5.41, 5.74) is 3.11. The number of benzene rings is 1. The van der Waals surface area contributed by atoms with Crippen molar-refractivity contribution in [1.82, 2.24) is 5.32 Å². The summed E-state index contributed by atoms with van der Waals surface area (Å²) in [7, 11) is 0. The van der Waals surface area contributed by atoms with Gasteiger partial charge in [-0.15, -0.1) is 0 Å². The van der Waals surface area contributed by atoms with Crippen molar-refractivity contribution >= 4 is 5.97 Å². The van der Waals surface area contributed by atoms with Crippen LogP contribution in [0.15, 0.2) is 24.3 Å². The molecule has 3 aliphatic rings. The van der Waals surface area contributed by atoms with Gasteiger partial charge in [0.25, 0.3) is 0 Å². The van der Waals surface area contributed by atoms with Crippen LogP contribution in [0.5, 0.6) is 0 Å². The summed E-state index contributed by atoms with van der Waals surface area (Å²) in [6.07, 6.45) is 8.87. The van der Waals surface area contributed by atoms with Gasteiger partial charge in [0.2, 0.25) is 0 Å². The average molecular weight is 313 g/mol. The molecular weight excluding hydrogens is 286 g/mol. The lowest BCUT2D eigenvalue weighted by Gasteiger charge is -2.33. The minimum absolute atomic E-state index is 0.108. The predicted molar refractivity (Wildman–Crippen MR) is 90.4 cm³/mol. The maximum Gasteiger partial charge on any atom is 0.306 e. The van der Waals surface area contributed by atoms with Crippen LogP contribution >= 0.6 is 0 Å². The predicted octanol–water partition coefficient (Wildman–Crippen LogP) is 3.41. The number of nitrogens with one attached hydrogen (secondary N) is 1. The molecule has 0 amide bonds. The zero-order chi connectivity index (χ0) is 15.8. The van der Waals surface area contributed by atoms with Crippen molar-refractivity contribution in [3.63, 3.8) is 0 Å². The van der Waals surface area contributed by atoms with Gasteiger partial charge in [0.1, 0.15) is 0 Å². The van der Waals surface area contributed by atoms with Crippen LogP contribution in [0.1, 0.15) is 49.7 Å². The first kappa shape index (κ1) is 15.2. The second-order valence-corrected chi connectivity index (χ2v) is 7.85. The van der Waals surface area contributed by atoms with Crippen LogP contribution in [0.2, 0.25) is 0 Å². The van der Waals surface area contributed by atoms with Crippen molar-refractivity contribution in [2.75, 3.05) is 0 Å². The summed E-state index contributed by atoms with van der Waals surface area (Å²) >= 11 is 0. The van der Waals surface area contributed by atoms with Gasteiger partial charge in [0.15, 0.2) is 0 Å². The Morgan fingerprint density at radius 1 is 0.913 bits per heavy atom. The first-order valence-electron chi connectivity index (χ1n) is 9.26. The van der Waals surface area contributed by atoms with E-state index in [1.165, 1.54) is 25.7 Å². The molecule has 3 nitrogen and oxygen atoms in total. The molecule has 0 aliphatic heterocycles. The van der Waals surface area contributed by atoms with Crippen LogP contribution in [0.3, 0.4) is 0 Å². The molecule has 1 aromatic rings. The molecule has 0 heterocycles. The second-order valence-electron chi connectivity index (χ2n) is 7.85. The largest absolute Gasteiger partial charge is 0.481 e. The molecule has 124 valence electrons. The van der Waals surface area contributed by atoms with Crippen LogP contribution in [0, 0.1) is 17.8 Å². The highest BCUT2D eigenvalue weighted by Gasteiger charge is 2.40. The number of carboxylic acids is 1. The number of fused-ring (bicyclic) bond motifs is 3. The number of hydrogen-bond donors (Lipinski definition) is 2. The summed E-state index contributed by atoms with van der Waals surface area (Å²) in [4.78, 5) is 11.1. The van der Waals surface area contributed by atoms with E-state index in [2.05, 4.69) is 29.6 Å². The number of carboxylic acid groups (broad SMARTS) is 1. The van der Waals surface area contributed by atoms with Gasteiger partial charge >= 0.3 is 5.97 Å². The van der Waals surface area contributed by atoms with Crippen molar-refractivity contribution in [1.29, 1.82) is 0 Å². The Labute approximate surface area is 138 Å². The van der Waals surface area contributed by atoms with Gasteiger partial charge in [-0.05, 0) is 74.3 Å². The van der Waals surface area contributed by atoms with Gasteiger partial charge in [-0.1, -0.05) is 24.3 Å². The lowest BCUT2D eigenvalue weighted by Crippen LogP contribution is -2.46. The fraction of sp³-hybridized carbons (Fsp3) is 0.650. The van der Waals surface area contributed by atoms with E-state index in [1.807, 2.05) is 0 Å². The number of hydrogen-bond acceptors (Lipinski definition) is 2. The van der Waals surface area contributed by atoms with Crippen LogP contribution in [-0.4, -0.2) is 23.2 Å². The highest BCUT2D eigenvalue weighted by molar-refractivity contribution is 5.70. The molecular formula is C20H27NO2. The van der Waals surface area contributed by atoms with Gasteiger partial charge < -0.3 is 10.4 Å². The second kappa shape index (κ2) is 6.27. The molecule has 2 unspecified atom stereocenters. The van der Waals surface area contributed by atoms with Crippen molar-refractivity contribution in [2.45, 2.75) is 63.5 Å². The third kappa shape index (κ3) is 3.03. The van der Waals surface area contributed by atoms with Crippen molar-refractivity contribution < 1.29 is 9.90 Å². The van der Waals surface area contributed by atoms with E-state index in [-0.39, 0.29) is 5.92 Å². The molecule has 0 spiro atoms. The van der Waals surface area contributed by atoms with Crippen molar-refractivity contribution in [3.05, 3.63) is 35.4 Å². The molecule has 2 fully saturated rings. The van der Waals surface area contributed by atoms with E-state index in [0.29, 0.717) is 12.1 Å². The monoisotopic (exact) mass is 313 g/mol. The van der Waals surface area contributed by atoms with Crippen LogP contribution in [0.4, 0.5) is 0 Å². The maximum absolute atomic E-state index is 11.1. The van der Waals surface area contributed by atoms with Gasteiger partial charge in [0.05, 0.1) is 5.92 Å². The molecule has 3 heteroatoms. The molecule has 4 rings (SSSR count). The Morgan fingerprint density at radius 3 is 2.00 bits per heavy atom. The Kier molecular flexibility index (Phi) is 4.14. The lowest BCUT2D eigenvalue weighted by atomic mass is 9.84. The molecule has 0 radical (unpaired) electrons. The van der Waals surface area contributed by atoms with Crippen LogP contribution in [0.25, 0.3) is 0 Å². The van der Waals surface area contributed by atoms with Gasteiger partial charge in [-0.25, -0.2) is 0 Å². The van der Waals surface area contributed by atoms with E-state index in [4.69, 9.17) is 5.11 Å². The van der Waals surface area contributed by atoms with E-state index < -0.39 is 5.97 Å².